The summed E-state index contributed by atoms with van der Waals surface area (Å²) in [6, 6.07) is 5.76. The standard InChI is InChI=1S/C16H22BrNO2/c1-2-3-11-4-6-14(7-5-11)18-15-9-12(16(19)20)8-13(17)10-15/h8-11,14,18H,2-7H2,1H3,(H,19,20). The molecular weight excluding hydrogens is 318 g/mol. The minimum atomic E-state index is -0.888. The summed E-state index contributed by atoms with van der Waals surface area (Å²) >= 11 is 3.37. The van der Waals surface area contributed by atoms with Crippen LogP contribution >= 0.6 is 15.9 Å². The van der Waals surface area contributed by atoms with Crippen LogP contribution in [0.4, 0.5) is 5.69 Å². The van der Waals surface area contributed by atoms with Crippen LogP contribution in [0.15, 0.2) is 22.7 Å². The number of rotatable bonds is 5. The zero-order chi connectivity index (χ0) is 14.5. The lowest BCUT2D eigenvalue weighted by molar-refractivity contribution is 0.0697. The van der Waals surface area contributed by atoms with Crippen LogP contribution in [0.5, 0.6) is 0 Å². The lowest BCUT2D eigenvalue weighted by atomic mass is 9.83. The van der Waals surface area contributed by atoms with E-state index in [2.05, 4.69) is 28.2 Å². The quantitative estimate of drug-likeness (QED) is 0.800. The van der Waals surface area contributed by atoms with Crippen molar-refractivity contribution in [2.45, 2.75) is 51.5 Å². The van der Waals surface area contributed by atoms with Gasteiger partial charge >= 0.3 is 5.97 Å². The Kier molecular flexibility index (Phi) is 5.46. The Bertz CT molecular complexity index is 468. The number of carbonyl (C=O) groups is 1. The van der Waals surface area contributed by atoms with Gasteiger partial charge in [0.15, 0.2) is 0 Å². The molecule has 0 radical (unpaired) electrons. The molecule has 0 saturated heterocycles. The van der Waals surface area contributed by atoms with Crippen molar-refractivity contribution in [2.75, 3.05) is 5.32 Å². The number of benzene rings is 1. The van der Waals surface area contributed by atoms with Crippen LogP contribution in [0.1, 0.15) is 55.8 Å². The molecule has 110 valence electrons. The SMILES string of the molecule is CCCC1CCC(Nc2cc(Br)cc(C(=O)O)c2)CC1. The number of halogens is 1. The summed E-state index contributed by atoms with van der Waals surface area (Å²) in [7, 11) is 0. The molecule has 1 aromatic rings. The number of nitrogens with one attached hydrogen (secondary N) is 1. The highest BCUT2D eigenvalue weighted by Gasteiger charge is 2.20. The molecular formula is C16H22BrNO2. The highest BCUT2D eigenvalue weighted by atomic mass is 79.9. The minimum absolute atomic E-state index is 0.321. The van der Waals surface area contributed by atoms with E-state index in [0.29, 0.717) is 11.6 Å². The molecule has 2 rings (SSSR count). The molecule has 0 atom stereocenters. The van der Waals surface area contributed by atoms with Gasteiger partial charge in [-0.2, -0.15) is 0 Å². The molecule has 2 N–H and O–H groups in total. The van der Waals surface area contributed by atoms with Crippen LogP contribution in [0.3, 0.4) is 0 Å². The first-order valence-electron chi connectivity index (χ1n) is 7.39. The second-order valence-corrected chi connectivity index (χ2v) is 6.60. The molecule has 4 heteroatoms. The number of carboxylic acids is 1. The van der Waals surface area contributed by atoms with Gasteiger partial charge in [0.05, 0.1) is 5.56 Å². The molecule has 3 nitrogen and oxygen atoms in total. The third-order valence-electron chi connectivity index (χ3n) is 4.06. The van der Waals surface area contributed by atoms with Crippen molar-refractivity contribution in [2.24, 2.45) is 5.92 Å². The number of anilines is 1. The van der Waals surface area contributed by atoms with E-state index in [1.54, 1.807) is 12.1 Å². The average molecular weight is 340 g/mol. The molecule has 0 amide bonds. The van der Waals surface area contributed by atoms with Gasteiger partial charge in [0.25, 0.3) is 0 Å². The fourth-order valence-electron chi connectivity index (χ4n) is 3.04. The second-order valence-electron chi connectivity index (χ2n) is 5.68. The molecule has 0 heterocycles. The molecule has 20 heavy (non-hydrogen) atoms. The van der Waals surface area contributed by atoms with Crippen LogP contribution in [0.2, 0.25) is 0 Å². The predicted molar refractivity (Wildman–Crippen MR) is 85.4 cm³/mol. The van der Waals surface area contributed by atoms with Crippen molar-refractivity contribution in [1.29, 1.82) is 0 Å². The number of hydrogen-bond acceptors (Lipinski definition) is 2. The molecule has 1 fully saturated rings. The van der Waals surface area contributed by atoms with Gasteiger partial charge < -0.3 is 10.4 Å². The van der Waals surface area contributed by atoms with Gasteiger partial charge in [0, 0.05) is 16.2 Å². The summed E-state index contributed by atoms with van der Waals surface area (Å²) in [6.45, 7) is 2.25. The van der Waals surface area contributed by atoms with Crippen molar-refractivity contribution in [3.8, 4) is 0 Å². The third-order valence-corrected chi connectivity index (χ3v) is 4.52. The van der Waals surface area contributed by atoms with Crippen molar-refractivity contribution in [3.63, 3.8) is 0 Å². The smallest absolute Gasteiger partial charge is 0.335 e. The summed E-state index contributed by atoms with van der Waals surface area (Å²) in [4.78, 5) is 11.1. The van der Waals surface area contributed by atoms with E-state index in [0.717, 1.165) is 16.1 Å². The highest BCUT2D eigenvalue weighted by molar-refractivity contribution is 9.10. The molecule has 1 aliphatic rings. The Labute approximate surface area is 128 Å². The van der Waals surface area contributed by atoms with Gasteiger partial charge in [0.1, 0.15) is 0 Å². The molecule has 0 aromatic heterocycles. The summed E-state index contributed by atoms with van der Waals surface area (Å²) in [6.07, 6.45) is 7.54. The average Bonchev–Trinajstić information content (AvgIpc) is 2.40. The van der Waals surface area contributed by atoms with Gasteiger partial charge in [-0.15, -0.1) is 0 Å². The number of hydrogen-bond donors (Lipinski definition) is 2. The maximum atomic E-state index is 11.1. The molecule has 0 spiro atoms. The van der Waals surface area contributed by atoms with Crippen LogP contribution < -0.4 is 5.32 Å². The fraction of sp³-hybridized carbons (Fsp3) is 0.562. The summed E-state index contributed by atoms with van der Waals surface area (Å²) in [5.41, 5.74) is 1.22. The normalized spacial score (nSPS) is 22.5. The fourth-order valence-corrected chi connectivity index (χ4v) is 3.53. The van der Waals surface area contributed by atoms with Crippen molar-refractivity contribution in [1.82, 2.24) is 0 Å². The number of aromatic carboxylic acids is 1. The van der Waals surface area contributed by atoms with Crippen LogP contribution in [-0.4, -0.2) is 17.1 Å². The third kappa shape index (κ3) is 4.23. The van der Waals surface area contributed by atoms with Crippen LogP contribution in [0.25, 0.3) is 0 Å². The van der Waals surface area contributed by atoms with Gasteiger partial charge in [-0.25, -0.2) is 4.79 Å². The van der Waals surface area contributed by atoms with E-state index in [1.807, 2.05) is 6.07 Å². The van der Waals surface area contributed by atoms with E-state index < -0.39 is 5.97 Å². The Balaban J connectivity index is 1.96. The van der Waals surface area contributed by atoms with E-state index in [4.69, 9.17) is 5.11 Å². The Morgan fingerprint density at radius 3 is 2.60 bits per heavy atom. The summed E-state index contributed by atoms with van der Waals surface area (Å²) in [5, 5.41) is 12.6. The maximum absolute atomic E-state index is 11.1. The molecule has 0 aliphatic heterocycles. The Hall–Kier alpha value is -1.03. The lowest BCUT2D eigenvalue weighted by Gasteiger charge is -2.29. The second kappa shape index (κ2) is 7.11. The van der Waals surface area contributed by atoms with Gasteiger partial charge in [0.2, 0.25) is 0 Å². The summed E-state index contributed by atoms with van der Waals surface area (Å²) < 4.78 is 0.805. The van der Waals surface area contributed by atoms with Crippen molar-refractivity contribution in [3.05, 3.63) is 28.2 Å². The van der Waals surface area contributed by atoms with Crippen LogP contribution in [-0.2, 0) is 0 Å². The molecule has 1 aliphatic carbocycles. The van der Waals surface area contributed by atoms with Gasteiger partial charge in [-0.05, 0) is 49.8 Å². The molecule has 1 aromatic carbocycles. The minimum Gasteiger partial charge on any atom is -0.478 e. The first-order chi connectivity index (χ1) is 9.58. The molecule has 0 unspecified atom stereocenters. The van der Waals surface area contributed by atoms with Crippen molar-refractivity contribution >= 4 is 27.6 Å². The van der Waals surface area contributed by atoms with Gasteiger partial charge in [-0.1, -0.05) is 35.7 Å². The van der Waals surface area contributed by atoms with E-state index in [9.17, 15) is 4.79 Å². The van der Waals surface area contributed by atoms with E-state index >= 15 is 0 Å². The van der Waals surface area contributed by atoms with Gasteiger partial charge in [-0.3, -0.25) is 0 Å². The Morgan fingerprint density at radius 1 is 1.30 bits per heavy atom. The van der Waals surface area contributed by atoms with Crippen LogP contribution in [0, 0.1) is 5.92 Å². The maximum Gasteiger partial charge on any atom is 0.335 e. The van der Waals surface area contributed by atoms with E-state index in [-0.39, 0.29) is 0 Å². The summed E-state index contributed by atoms with van der Waals surface area (Å²) in [5.74, 6) is -0.00357. The van der Waals surface area contributed by atoms with Crippen molar-refractivity contribution < 1.29 is 9.90 Å². The topological polar surface area (TPSA) is 49.3 Å². The predicted octanol–water partition coefficient (Wildman–Crippen LogP) is 4.92. The zero-order valence-electron chi connectivity index (χ0n) is 11.9. The largest absolute Gasteiger partial charge is 0.478 e. The Morgan fingerprint density at radius 2 is 2.00 bits per heavy atom. The van der Waals surface area contributed by atoms with E-state index in [1.165, 1.54) is 38.5 Å². The first-order valence-corrected chi connectivity index (χ1v) is 8.18. The first kappa shape index (κ1) is 15.4. The zero-order valence-corrected chi connectivity index (χ0v) is 13.4. The molecule has 1 saturated carbocycles. The highest BCUT2D eigenvalue weighted by Crippen LogP contribution is 2.30. The number of carboxylic acid groups (broad SMARTS) is 1. The lowest BCUT2D eigenvalue weighted by Crippen LogP contribution is -2.26. The molecule has 0 bridgehead atoms. The monoisotopic (exact) mass is 339 g/mol.